The fourth-order valence-electron chi connectivity index (χ4n) is 1.55. The maximum Gasteiger partial charge on any atom is 0.275 e. The van der Waals surface area contributed by atoms with Crippen LogP contribution in [0.2, 0.25) is 0 Å². The SMILES string of the molecule is C=CC=CN=C1CC(=O)N(C2CC2)C1=O. The summed E-state index contributed by atoms with van der Waals surface area (Å²) in [5, 5.41) is 0. The van der Waals surface area contributed by atoms with Crippen molar-refractivity contribution in [2.75, 3.05) is 0 Å². The average Bonchev–Trinajstić information content (AvgIpc) is 2.97. The van der Waals surface area contributed by atoms with Crippen LogP contribution in [-0.4, -0.2) is 28.5 Å². The van der Waals surface area contributed by atoms with Gasteiger partial charge in [0.1, 0.15) is 5.71 Å². The molecular weight excluding hydrogens is 192 g/mol. The second-order valence-corrected chi connectivity index (χ2v) is 3.63. The number of carbonyl (C=O) groups is 2. The molecule has 0 bridgehead atoms. The first kappa shape index (κ1) is 9.83. The minimum atomic E-state index is -0.226. The lowest BCUT2D eigenvalue weighted by Crippen LogP contribution is -2.32. The third-order valence-corrected chi connectivity index (χ3v) is 2.42. The molecule has 0 spiro atoms. The molecule has 78 valence electrons. The molecule has 4 nitrogen and oxygen atoms in total. The van der Waals surface area contributed by atoms with Gasteiger partial charge in [0.15, 0.2) is 0 Å². The van der Waals surface area contributed by atoms with E-state index in [0.717, 1.165) is 12.8 Å². The molecule has 0 unspecified atom stereocenters. The zero-order valence-electron chi connectivity index (χ0n) is 8.35. The quantitative estimate of drug-likeness (QED) is 0.509. The Kier molecular flexibility index (Phi) is 2.49. The average molecular weight is 204 g/mol. The lowest BCUT2D eigenvalue weighted by Gasteiger charge is -2.10. The van der Waals surface area contributed by atoms with Gasteiger partial charge in [-0.1, -0.05) is 12.7 Å². The van der Waals surface area contributed by atoms with Gasteiger partial charge in [0.2, 0.25) is 5.91 Å². The molecule has 1 saturated carbocycles. The third-order valence-electron chi connectivity index (χ3n) is 2.42. The first-order valence-corrected chi connectivity index (χ1v) is 4.94. The number of nitrogens with zero attached hydrogens (tertiary/aromatic N) is 2. The fourth-order valence-corrected chi connectivity index (χ4v) is 1.55. The summed E-state index contributed by atoms with van der Waals surface area (Å²) in [6, 6.07) is 0.140. The number of likely N-dealkylation sites (tertiary alicyclic amines) is 1. The highest BCUT2D eigenvalue weighted by Gasteiger charge is 2.43. The topological polar surface area (TPSA) is 49.7 Å². The van der Waals surface area contributed by atoms with E-state index in [1.54, 1.807) is 12.2 Å². The molecule has 1 saturated heterocycles. The summed E-state index contributed by atoms with van der Waals surface area (Å²) < 4.78 is 0. The van der Waals surface area contributed by atoms with E-state index in [1.807, 2.05) is 0 Å². The van der Waals surface area contributed by atoms with Crippen molar-refractivity contribution in [2.45, 2.75) is 25.3 Å². The molecule has 15 heavy (non-hydrogen) atoms. The Morgan fingerprint density at radius 1 is 1.40 bits per heavy atom. The van der Waals surface area contributed by atoms with E-state index in [4.69, 9.17) is 0 Å². The second-order valence-electron chi connectivity index (χ2n) is 3.63. The summed E-state index contributed by atoms with van der Waals surface area (Å²) in [7, 11) is 0. The standard InChI is InChI=1S/C11H12N2O2/c1-2-3-6-12-9-7-10(14)13(11(9)15)8-4-5-8/h2-3,6,8H,1,4-5,7H2. The van der Waals surface area contributed by atoms with Crippen LogP contribution >= 0.6 is 0 Å². The maximum absolute atomic E-state index is 11.7. The van der Waals surface area contributed by atoms with Crippen molar-refractivity contribution in [3.8, 4) is 0 Å². The highest BCUT2D eigenvalue weighted by molar-refractivity contribution is 6.49. The Morgan fingerprint density at radius 2 is 2.13 bits per heavy atom. The van der Waals surface area contributed by atoms with E-state index in [-0.39, 0.29) is 24.3 Å². The molecule has 0 N–H and O–H groups in total. The highest BCUT2D eigenvalue weighted by Crippen LogP contribution is 2.30. The van der Waals surface area contributed by atoms with E-state index >= 15 is 0 Å². The van der Waals surface area contributed by atoms with E-state index in [0.29, 0.717) is 5.71 Å². The van der Waals surface area contributed by atoms with Crippen molar-refractivity contribution in [3.05, 3.63) is 24.9 Å². The minimum Gasteiger partial charge on any atom is -0.274 e. The van der Waals surface area contributed by atoms with Crippen molar-refractivity contribution < 1.29 is 9.59 Å². The van der Waals surface area contributed by atoms with Crippen LogP contribution in [0, 0.1) is 0 Å². The van der Waals surface area contributed by atoms with Crippen LogP contribution in [0.25, 0.3) is 0 Å². The van der Waals surface area contributed by atoms with Gasteiger partial charge in [-0.2, -0.15) is 0 Å². The van der Waals surface area contributed by atoms with Crippen LogP contribution in [0.1, 0.15) is 19.3 Å². The number of rotatable bonds is 3. The van der Waals surface area contributed by atoms with Gasteiger partial charge >= 0.3 is 0 Å². The van der Waals surface area contributed by atoms with Crippen LogP contribution in [0.15, 0.2) is 29.9 Å². The van der Waals surface area contributed by atoms with Gasteiger partial charge in [-0.25, -0.2) is 0 Å². The molecule has 2 rings (SSSR count). The Morgan fingerprint density at radius 3 is 2.73 bits per heavy atom. The maximum atomic E-state index is 11.7. The molecule has 0 radical (unpaired) electrons. The predicted octanol–water partition coefficient (Wildman–Crippen LogP) is 1.05. The van der Waals surface area contributed by atoms with E-state index in [2.05, 4.69) is 11.6 Å². The zero-order valence-corrected chi connectivity index (χ0v) is 8.35. The van der Waals surface area contributed by atoms with Crippen molar-refractivity contribution >= 4 is 17.5 Å². The van der Waals surface area contributed by atoms with Crippen LogP contribution in [-0.2, 0) is 9.59 Å². The molecule has 0 aromatic rings. The molecule has 0 atom stereocenters. The molecule has 2 fully saturated rings. The Labute approximate surface area is 88.0 Å². The molecule has 1 aliphatic heterocycles. The molecule has 0 aromatic carbocycles. The zero-order chi connectivity index (χ0) is 10.8. The lowest BCUT2D eigenvalue weighted by molar-refractivity contribution is -0.137. The molecule has 1 heterocycles. The van der Waals surface area contributed by atoms with Crippen molar-refractivity contribution in [3.63, 3.8) is 0 Å². The summed E-state index contributed by atoms with van der Waals surface area (Å²) in [4.78, 5) is 28.5. The minimum absolute atomic E-state index is 0.117. The summed E-state index contributed by atoms with van der Waals surface area (Å²) in [6.07, 6.45) is 6.70. The summed E-state index contributed by atoms with van der Waals surface area (Å²) in [6.45, 7) is 3.49. The molecule has 0 aromatic heterocycles. The number of carbonyl (C=O) groups excluding carboxylic acids is 2. The lowest BCUT2D eigenvalue weighted by atomic mass is 10.3. The first-order valence-electron chi connectivity index (χ1n) is 4.94. The van der Waals surface area contributed by atoms with Gasteiger partial charge in [0.05, 0.1) is 6.42 Å². The van der Waals surface area contributed by atoms with Gasteiger partial charge in [-0.05, 0) is 18.9 Å². The van der Waals surface area contributed by atoms with E-state index < -0.39 is 0 Å². The van der Waals surface area contributed by atoms with Gasteiger partial charge in [0.25, 0.3) is 5.91 Å². The number of amides is 2. The number of imide groups is 1. The summed E-state index contributed by atoms with van der Waals surface area (Å²) in [5.41, 5.74) is 0.338. The van der Waals surface area contributed by atoms with Crippen LogP contribution < -0.4 is 0 Å². The van der Waals surface area contributed by atoms with Crippen LogP contribution in [0.3, 0.4) is 0 Å². The monoisotopic (exact) mass is 204 g/mol. The number of allylic oxidation sites excluding steroid dienone is 2. The van der Waals surface area contributed by atoms with Gasteiger partial charge in [0, 0.05) is 12.2 Å². The molecule has 1 aliphatic carbocycles. The van der Waals surface area contributed by atoms with Crippen molar-refractivity contribution in [1.82, 2.24) is 4.90 Å². The Hall–Kier alpha value is -1.71. The van der Waals surface area contributed by atoms with E-state index in [9.17, 15) is 9.59 Å². The smallest absolute Gasteiger partial charge is 0.274 e. The molecule has 4 heteroatoms. The van der Waals surface area contributed by atoms with Gasteiger partial charge < -0.3 is 0 Å². The third kappa shape index (κ3) is 1.88. The second kappa shape index (κ2) is 3.81. The van der Waals surface area contributed by atoms with Gasteiger partial charge in [-0.15, -0.1) is 0 Å². The highest BCUT2D eigenvalue weighted by atomic mass is 16.2. The number of aliphatic imine (C=N–C) groups is 1. The number of hydrogen-bond donors (Lipinski definition) is 0. The number of hydrogen-bond acceptors (Lipinski definition) is 3. The van der Waals surface area contributed by atoms with Crippen molar-refractivity contribution in [1.29, 1.82) is 0 Å². The van der Waals surface area contributed by atoms with Crippen molar-refractivity contribution in [2.24, 2.45) is 4.99 Å². The predicted molar refractivity (Wildman–Crippen MR) is 56.3 cm³/mol. The molecule has 2 aliphatic rings. The first-order chi connectivity index (χ1) is 7.24. The molecular formula is C11H12N2O2. The summed E-state index contributed by atoms with van der Waals surface area (Å²) in [5.74, 6) is -0.343. The fraction of sp³-hybridized carbons (Fsp3) is 0.364. The Balaban J connectivity index is 2.13. The van der Waals surface area contributed by atoms with Crippen LogP contribution in [0.5, 0.6) is 0 Å². The largest absolute Gasteiger partial charge is 0.275 e. The molecule has 2 amide bonds. The van der Waals surface area contributed by atoms with E-state index in [1.165, 1.54) is 11.1 Å². The normalized spacial score (nSPS) is 24.5. The Bertz CT molecular complexity index is 378. The van der Waals surface area contributed by atoms with Crippen LogP contribution in [0.4, 0.5) is 0 Å². The van der Waals surface area contributed by atoms with Gasteiger partial charge in [-0.3, -0.25) is 19.5 Å². The summed E-state index contributed by atoms with van der Waals surface area (Å²) >= 11 is 0.